The Labute approximate surface area is 65.4 Å². The Balaban J connectivity index is 2.67. The maximum atomic E-state index is 9.49. The molecule has 11 heavy (non-hydrogen) atoms. The second-order valence-corrected chi connectivity index (χ2v) is 3.30. The Morgan fingerprint density at radius 2 is 2.00 bits per heavy atom. The van der Waals surface area contributed by atoms with Crippen LogP contribution in [0.25, 0.3) is 0 Å². The van der Waals surface area contributed by atoms with Crippen LogP contribution < -0.4 is 0 Å². The Bertz CT molecular complexity index is 145. The first-order valence-electron chi connectivity index (χ1n) is 3.67. The molecule has 1 fully saturated rings. The van der Waals surface area contributed by atoms with E-state index in [-0.39, 0.29) is 6.42 Å². The van der Waals surface area contributed by atoms with E-state index in [9.17, 15) is 10.2 Å². The first-order valence-corrected chi connectivity index (χ1v) is 3.67. The topological polar surface area (TPSA) is 69.9 Å². The zero-order valence-electron chi connectivity index (χ0n) is 6.69. The van der Waals surface area contributed by atoms with Crippen LogP contribution >= 0.6 is 0 Å². The Kier molecular flexibility index (Phi) is 2.20. The van der Waals surface area contributed by atoms with Crippen molar-refractivity contribution in [1.29, 1.82) is 0 Å². The number of hydrogen-bond donors (Lipinski definition) is 3. The lowest BCUT2D eigenvalue weighted by Crippen LogP contribution is -2.54. The highest BCUT2D eigenvalue weighted by Crippen LogP contribution is 2.27. The van der Waals surface area contributed by atoms with Crippen molar-refractivity contribution in [3.8, 4) is 0 Å². The van der Waals surface area contributed by atoms with Gasteiger partial charge in [0.1, 0.15) is 6.10 Å². The molecular formula is C7H14O4. The van der Waals surface area contributed by atoms with Gasteiger partial charge in [0.25, 0.3) is 0 Å². The summed E-state index contributed by atoms with van der Waals surface area (Å²) in [6.07, 6.45) is -2.36. The summed E-state index contributed by atoms with van der Waals surface area (Å²) in [6.45, 7) is 3.10. The molecule has 0 aromatic rings. The van der Waals surface area contributed by atoms with Gasteiger partial charge in [0, 0.05) is 6.42 Å². The fourth-order valence-corrected chi connectivity index (χ4v) is 1.35. The van der Waals surface area contributed by atoms with Crippen molar-refractivity contribution in [2.75, 3.05) is 0 Å². The Morgan fingerprint density at radius 3 is 2.45 bits per heavy atom. The van der Waals surface area contributed by atoms with Gasteiger partial charge in [0.05, 0.1) is 11.7 Å². The average molecular weight is 162 g/mol. The van der Waals surface area contributed by atoms with E-state index in [2.05, 4.69) is 0 Å². The molecule has 0 aliphatic carbocycles. The molecule has 3 N–H and O–H groups in total. The van der Waals surface area contributed by atoms with E-state index < -0.39 is 24.1 Å². The predicted octanol–water partition coefficient (Wildman–Crippen LogP) is -0.775. The molecule has 1 saturated heterocycles. The molecule has 0 saturated carbocycles. The van der Waals surface area contributed by atoms with Crippen LogP contribution in [0.3, 0.4) is 0 Å². The summed E-state index contributed by atoms with van der Waals surface area (Å²) < 4.78 is 4.88. The molecule has 1 aliphatic heterocycles. The molecule has 0 spiro atoms. The fraction of sp³-hybridized carbons (Fsp3) is 1.00. The summed E-state index contributed by atoms with van der Waals surface area (Å²) in [5.74, 6) is 0. The fourth-order valence-electron chi connectivity index (χ4n) is 1.35. The van der Waals surface area contributed by atoms with Crippen LogP contribution in [0.1, 0.15) is 20.3 Å². The van der Waals surface area contributed by atoms with Gasteiger partial charge >= 0.3 is 0 Å². The third kappa shape index (κ3) is 1.70. The van der Waals surface area contributed by atoms with Gasteiger partial charge in [0.2, 0.25) is 0 Å². The first kappa shape index (κ1) is 8.93. The zero-order valence-corrected chi connectivity index (χ0v) is 6.69. The molecule has 1 rings (SSSR count). The minimum Gasteiger partial charge on any atom is -0.387 e. The SMILES string of the molecule is CC1OC(O)CC(C)(O)[C@H]1O. The van der Waals surface area contributed by atoms with Crippen LogP contribution in [0.15, 0.2) is 0 Å². The van der Waals surface area contributed by atoms with Gasteiger partial charge < -0.3 is 20.1 Å². The molecule has 3 unspecified atom stereocenters. The van der Waals surface area contributed by atoms with Crippen molar-refractivity contribution in [2.24, 2.45) is 0 Å². The van der Waals surface area contributed by atoms with Crippen LogP contribution in [-0.2, 0) is 4.74 Å². The zero-order chi connectivity index (χ0) is 8.65. The van der Waals surface area contributed by atoms with Crippen LogP contribution in [0.4, 0.5) is 0 Å². The van der Waals surface area contributed by atoms with Crippen LogP contribution in [0.5, 0.6) is 0 Å². The summed E-state index contributed by atoms with van der Waals surface area (Å²) in [4.78, 5) is 0. The number of aliphatic hydroxyl groups is 3. The van der Waals surface area contributed by atoms with E-state index >= 15 is 0 Å². The molecule has 4 atom stereocenters. The van der Waals surface area contributed by atoms with Crippen molar-refractivity contribution >= 4 is 0 Å². The lowest BCUT2D eigenvalue weighted by atomic mass is 9.89. The maximum absolute atomic E-state index is 9.49. The van der Waals surface area contributed by atoms with Crippen molar-refractivity contribution in [3.05, 3.63) is 0 Å². The second-order valence-electron chi connectivity index (χ2n) is 3.30. The number of hydrogen-bond acceptors (Lipinski definition) is 4. The lowest BCUT2D eigenvalue weighted by Gasteiger charge is -2.40. The van der Waals surface area contributed by atoms with Gasteiger partial charge in [-0.3, -0.25) is 0 Å². The summed E-state index contributed by atoms with van der Waals surface area (Å²) >= 11 is 0. The summed E-state index contributed by atoms with van der Waals surface area (Å²) in [6, 6.07) is 0. The number of ether oxygens (including phenoxy) is 1. The van der Waals surface area contributed by atoms with E-state index in [1.165, 1.54) is 6.92 Å². The largest absolute Gasteiger partial charge is 0.387 e. The Hall–Kier alpha value is -0.160. The van der Waals surface area contributed by atoms with E-state index in [0.29, 0.717) is 0 Å². The summed E-state index contributed by atoms with van der Waals surface area (Å²) in [7, 11) is 0. The van der Waals surface area contributed by atoms with Gasteiger partial charge in [0.15, 0.2) is 6.29 Å². The third-order valence-corrected chi connectivity index (χ3v) is 2.04. The van der Waals surface area contributed by atoms with Gasteiger partial charge in [-0.1, -0.05) is 0 Å². The normalized spacial score (nSPS) is 52.6. The van der Waals surface area contributed by atoms with E-state index in [4.69, 9.17) is 9.84 Å². The van der Waals surface area contributed by atoms with Crippen molar-refractivity contribution in [3.63, 3.8) is 0 Å². The molecule has 0 radical (unpaired) electrons. The van der Waals surface area contributed by atoms with E-state index in [0.717, 1.165) is 0 Å². The van der Waals surface area contributed by atoms with Crippen molar-refractivity contribution in [2.45, 2.75) is 44.4 Å². The standard InChI is InChI=1S/C7H14O4/c1-4-6(9)7(2,10)3-5(8)11-4/h4-6,8-10H,3H2,1-2H3/t4?,5?,6-,7?/m0/s1. The van der Waals surface area contributed by atoms with E-state index in [1.807, 2.05) is 0 Å². The first-order chi connectivity index (χ1) is 4.93. The van der Waals surface area contributed by atoms with Crippen molar-refractivity contribution < 1.29 is 20.1 Å². The predicted molar refractivity (Wildman–Crippen MR) is 37.8 cm³/mol. The van der Waals surface area contributed by atoms with Gasteiger partial charge in [-0.05, 0) is 13.8 Å². The monoisotopic (exact) mass is 162 g/mol. The number of rotatable bonds is 0. The summed E-state index contributed by atoms with van der Waals surface area (Å²) in [5, 5.41) is 27.9. The maximum Gasteiger partial charge on any atom is 0.157 e. The van der Waals surface area contributed by atoms with Crippen LogP contribution in [-0.4, -0.2) is 39.4 Å². The molecule has 0 aromatic heterocycles. The minimum atomic E-state index is -1.24. The van der Waals surface area contributed by atoms with Crippen LogP contribution in [0, 0.1) is 0 Å². The van der Waals surface area contributed by atoms with Gasteiger partial charge in [-0.25, -0.2) is 0 Å². The Morgan fingerprint density at radius 1 is 1.45 bits per heavy atom. The molecule has 1 heterocycles. The third-order valence-electron chi connectivity index (χ3n) is 2.04. The molecule has 0 bridgehead atoms. The molecule has 0 aromatic carbocycles. The molecule has 1 aliphatic rings. The smallest absolute Gasteiger partial charge is 0.157 e. The summed E-state index contributed by atoms with van der Waals surface area (Å²) in [5.41, 5.74) is -1.24. The highest BCUT2D eigenvalue weighted by molar-refractivity contribution is 4.90. The number of aliphatic hydroxyl groups excluding tert-OH is 2. The van der Waals surface area contributed by atoms with Gasteiger partial charge in [-0.2, -0.15) is 0 Å². The quantitative estimate of drug-likeness (QED) is 0.437. The molecular weight excluding hydrogens is 148 g/mol. The highest BCUT2D eigenvalue weighted by atomic mass is 16.6. The molecule has 4 heteroatoms. The lowest BCUT2D eigenvalue weighted by molar-refractivity contribution is -0.256. The molecule has 0 amide bonds. The molecule has 66 valence electrons. The second kappa shape index (κ2) is 2.71. The average Bonchev–Trinajstić information content (AvgIpc) is 1.81. The van der Waals surface area contributed by atoms with Crippen molar-refractivity contribution in [1.82, 2.24) is 0 Å². The van der Waals surface area contributed by atoms with Crippen LogP contribution in [0.2, 0.25) is 0 Å². The highest BCUT2D eigenvalue weighted by Gasteiger charge is 2.42. The molecule has 4 nitrogen and oxygen atoms in total. The minimum absolute atomic E-state index is 0.0541. The van der Waals surface area contributed by atoms with E-state index in [1.54, 1.807) is 6.92 Å². The van der Waals surface area contributed by atoms with Gasteiger partial charge in [-0.15, -0.1) is 0 Å².